The van der Waals surface area contributed by atoms with Gasteiger partial charge in [0.15, 0.2) is 23.1 Å². The number of amides is 4. The topological polar surface area (TPSA) is 391 Å². The third kappa shape index (κ3) is 30.3. The molecule has 0 aromatic heterocycles. The number of carboxylic acid groups (broad SMARTS) is 4. The lowest BCUT2D eigenvalue weighted by molar-refractivity contribution is -0.138. The molecule has 0 aliphatic heterocycles. The standard InChI is InChI=1S/C17H10F3NO3.C17H13NO4.C16H11ClF3NO2.C16H10ClF3O3.C16H11ClN2O2.C16H12F3NO3/c18-17(19,20)12-6-10(5-11(7-12)9-21)8-15(22)13-3-1-2-4-14(13)16(23)24;1-3-11-10-12(8-9-15(11)22-2)18-16(19)13-6-4-5-7-14(13)17(20)21;1-9(22)11-4-2-3-5-12(11)15(23)21-14-7-6-10(17)8-13(14)16(18,19)20;17-11-6-9(5-10(8-11)16(18,19)20)7-14(21)12-3-1-2-4-13(12)15(22)23;1-10(20)13-4-2-3-5-14(13)16(21)19-15-7-6-12(17)8-11(15)9-18;1-16(18,19)12-7-6-9(8-13(12)17)20-14(21)10-4-2-3-5-11(10)15(22)23/h1-7H,8H2,(H,23,24);1,4-10H,2H3,(H,18,19)(H,20,21);2-8H,1H3,(H,21,23);1-6,8H,7H2,(H,22,23);2-8H,1H3,(H,19,21);2-8H,1H3,(H,20,21)(H,22,23). The summed E-state index contributed by atoms with van der Waals surface area (Å²) >= 11 is 17.1. The number of anilines is 4. The SMILES string of the molecule is C#Cc1cc(NC(=O)c2ccccc2C(=O)O)ccc1OC.CC(=O)c1ccccc1C(=O)Nc1ccc(Cl)cc1C#N.CC(=O)c1ccccc1C(=O)Nc1ccc(Cl)cc1C(F)(F)F.CC(F)(F)c1ccc(NC(=O)c2ccccc2C(=O)O)cc1F.N#Cc1cc(CC(=O)c2ccccc2C(=O)O)cc(C(F)(F)F)c1.O=C(O)c1ccccc1C(=O)Cc1cc(Cl)cc(C(F)(F)F)c1. The third-order valence-electron chi connectivity index (χ3n) is 18.5. The van der Waals surface area contributed by atoms with Gasteiger partial charge in [0.25, 0.3) is 29.6 Å². The Bertz CT molecular complexity index is 6780. The molecular formula is C98H67Cl3F12N6O17. The summed E-state index contributed by atoms with van der Waals surface area (Å²) in [7, 11) is 1.50. The number of methoxy groups -OCH3 is 1. The highest BCUT2D eigenvalue weighted by molar-refractivity contribution is 6.31. The Morgan fingerprint density at radius 2 is 0.721 bits per heavy atom. The van der Waals surface area contributed by atoms with E-state index in [4.69, 9.17) is 76.9 Å². The van der Waals surface area contributed by atoms with E-state index in [1.807, 2.05) is 6.07 Å². The number of aromatic carboxylic acids is 4. The van der Waals surface area contributed by atoms with Crippen LogP contribution in [0.3, 0.4) is 0 Å². The molecule has 12 aromatic carbocycles. The molecule has 0 fully saturated rings. The second kappa shape index (κ2) is 47.5. The summed E-state index contributed by atoms with van der Waals surface area (Å²) in [6, 6.07) is 59.1. The zero-order valence-corrected chi connectivity index (χ0v) is 72.7. The molecule has 0 radical (unpaired) electrons. The molecule has 23 nitrogen and oxygen atoms in total. The summed E-state index contributed by atoms with van der Waals surface area (Å²) in [5.74, 6) is -10.9. The van der Waals surface area contributed by atoms with Crippen LogP contribution >= 0.6 is 34.8 Å². The number of benzene rings is 12. The molecule has 12 rings (SSSR count). The van der Waals surface area contributed by atoms with E-state index in [1.54, 1.807) is 78.9 Å². The van der Waals surface area contributed by atoms with Gasteiger partial charge in [0.2, 0.25) is 0 Å². The first-order valence-corrected chi connectivity index (χ1v) is 39.7. The predicted molar refractivity (Wildman–Crippen MR) is 477 cm³/mol. The van der Waals surface area contributed by atoms with Crippen molar-refractivity contribution in [2.24, 2.45) is 0 Å². The molecule has 8 N–H and O–H groups in total. The summed E-state index contributed by atoms with van der Waals surface area (Å²) in [6.45, 7) is 3.23. The first kappa shape index (κ1) is 106. The Morgan fingerprint density at radius 3 is 1.10 bits per heavy atom. The van der Waals surface area contributed by atoms with Gasteiger partial charge in [-0.05, 0) is 183 Å². The van der Waals surface area contributed by atoms with Crippen LogP contribution in [0.1, 0.15) is 195 Å². The number of halogens is 15. The fraction of sp³-hybridized carbons (Fsp3) is 0.102. The number of carbonyl (C=O) groups is 12. The molecule has 38 heteroatoms. The van der Waals surface area contributed by atoms with Crippen molar-refractivity contribution in [1.82, 2.24) is 0 Å². The molecule has 0 heterocycles. The van der Waals surface area contributed by atoms with Gasteiger partial charge >= 0.3 is 42.4 Å². The lowest BCUT2D eigenvalue weighted by atomic mass is 9.96. The Kier molecular flexibility index (Phi) is 37.2. The van der Waals surface area contributed by atoms with Gasteiger partial charge in [-0.25, -0.2) is 32.3 Å². The van der Waals surface area contributed by atoms with Crippen LogP contribution in [0.25, 0.3) is 0 Å². The average molecular weight is 1930 g/mol. The molecule has 0 bridgehead atoms. The smallest absolute Gasteiger partial charge is 0.418 e. The minimum absolute atomic E-state index is 0.00285. The maximum atomic E-state index is 13.7. The van der Waals surface area contributed by atoms with Gasteiger partial charge in [-0.15, -0.1) is 6.42 Å². The number of Topliss-reactive ketones (excluding diaryl/α,β-unsaturated/α-hetero) is 4. The highest BCUT2D eigenvalue weighted by Crippen LogP contribution is 2.39. The van der Waals surface area contributed by atoms with Gasteiger partial charge in [-0.1, -0.05) is 138 Å². The van der Waals surface area contributed by atoms with Gasteiger partial charge in [0, 0.05) is 68.5 Å². The number of alkyl halides is 11. The summed E-state index contributed by atoms with van der Waals surface area (Å²) in [5, 5.41) is 64.0. The number of hydrogen-bond donors (Lipinski definition) is 8. The number of carbonyl (C=O) groups excluding carboxylic acids is 8. The fourth-order valence-electron chi connectivity index (χ4n) is 12.2. The van der Waals surface area contributed by atoms with Crippen LogP contribution in [-0.4, -0.2) is 98.2 Å². The molecule has 0 saturated heterocycles. The largest absolute Gasteiger partial charge is 0.495 e. The zero-order valence-electron chi connectivity index (χ0n) is 70.4. The number of nitriles is 2. The number of nitrogens with zero attached hydrogens (tertiary/aromatic N) is 2. The Morgan fingerprint density at radius 1 is 0.368 bits per heavy atom. The monoisotopic (exact) mass is 1930 g/mol. The Labute approximate surface area is 779 Å². The van der Waals surface area contributed by atoms with Crippen LogP contribution in [0.4, 0.5) is 75.4 Å². The van der Waals surface area contributed by atoms with E-state index in [1.165, 1.54) is 148 Å². The van der Waals surface area contributed by atoms with Crippen LogP contribution < -0.4 is 26.0 Å². The predicted octanol–water partition coefficient (Wildman–Crippen LogP) is 23.2. The number of rotatable bonds is 22. The van der Waals surface area contributed by atoms with E-state index in [9.17, 15) is 110 Å². The fourth-order valence-corrected chi connectivity index (χ4v) is 12.8. The number of ether oxygens (including phenoxy) is 1. The van der Waals surface area contributed by atoms with Crippen molar-refractivity contribution in [1.29, 1.82) is 10.5 Å². The van der Waals surface area contributed by atoms with Crippen LogP contribution in [0.2, 0.25) is 15.1 Å². The molecule has 0 aliphatic rings. The summed E-state index contributed by atoms with van der Waals surface area (Å²) in [5.41, 5.74) is -3.10. The number of terminal acetylenes is 1. The van der Waals surface area contributed by atoms with Gasteiger partial charge in [-0.3, -0.25) is 38.4 Å². The molecular weight excluding hydrogens is 1870 g/mol. The van der Waals surface area contributed by atoms with Gasteiger partial charge in [-0.2, -0.15) is 50.0 Å². The van der Waals surface area contributed by atoms with E-state index in [2.05, 4.69) is 27.2 Å². The van der Waals surface area contributed by atoms with Crippen molar-refractivity contribution in [2.45, 2.75) is 58.1 Å². The second-order valence-electron chi connectivity index (χ2n) is 28.1. The maximum Gasteiger partial charge on any atom is 0.418 e. The van der Waals surface area contributed by atoms with Crippen molar-refractivity contribution in [2.75, 3.05) is 28.4 Å². The minimum atomic E-state index is -4.67. The molecule has 136 heavy (non-hydrogen) atoms. The number of ketones is 4. The van der Waals surface area contributed by atoms with E-state index >= 15 is 0 Å². The molecule has 0 atom stereocenters. The van der Waals surface area contributed by atoms with E-state index in [0.717, 1.165) is 48.5 Å². The van der Waals surface area contributed by atoms with Crippen LogP contribution in [0, 0.1) is 40.8 Å². The third-order valence-corrected chi connectivity index (χ3v) is 19.2. The second-order valence-corrected chi connectivity index (χ2v) is 29.4. The van der Waals surface area contributed by atoms with Crippen LogP contribution in [-0.2, 0) is 37.3 Å². The molecule has 0 spiro atoms. The van der Waals surface area contributed by atoms with Crippen molar-refractivity contribution < 1.29 is 135 Å². The maximum absolute atomic E-state index is 13.7. The van der Waals surface area contributed by atoms with Gasteiger partial charge in [0.05, 0.1) is 108 Å². The molecule has 0 saturated carbocycles. The first-order valence-electron chi connectivity index (χ1n) is 38.6. The molecule has 0 unspecified atom stereocenters. The number of hydrogen-bond acceptors (Lipinski definition) is 15. The summed E-state index contributed by atoms with van der Waals surface area (Å²) in [6.07, 6.45) is -9.35. The van der Waals surface area contributed by atoms with Gasteiger partial charge in [0.1, 0.15) is 17.6 Å². The van der Waals surface area contributed by atoms with E-state index < -0.39 is 124 Å². The molecule has 0 aliphatic carbocycles. The quantitative estimate of drug-likeness (QED) is 0.0177. The van der Waals surface area contributed by atoms with Crippen LogP contribution in [0.5, 0.6) is 5.75 Å². The molecule has 696 valence electrons. The summed E-state index contributed by atoms with van der Waals surface area (Å²) in [4.78, 5) is 141. The number of carboxylic acids is 4. The zero-order chi connectivity index (χ0) is 101. The normalized spacial score (nSPS) is 10.7. The van der Waals surface area contributed by atoms with Crippen molar-refractivity contribution in [3.8, 4) is 30.2 Å². The Hall–Kier alpha value is -16.6. The molecule has 4 amide bonds. The highest BCUT2D eigenvalue weighted by atomic mass is 35.5. The van der Waals surface area contributed by atoms with Crippen LogP contribution in [0.15, 0.2) is 255 Å². The van der Waals surface area contributed by atoms with Crippen molar-refractivity contribution in [3.63, 3.8) is 0 Å². The van der Waals surface area contributed by atoms with Crippen molar-refractivity contribution in [3.05, 3.63) is 393 Å². The summed E-state index contributed by atoms with van der Waals surface area (Å²) < 4.78 is 161. The lowest BCUT2D eigenvalue weighted by Gasteiger charge is -2.15. The Balaban J connectivity index is 0.000000222. The van der Waals surface area contributed by atoms with E-state index in [-0.39, 0.29) is 117 Å². The minimum Gasteiger partial charge on any atom is -0.495 e. The average Bonchev–Trinajstić information content (AvgIpc) is 0.814. The van der Waals surface area contributed by atoms with E-state index in [0.29, 0.717) is 46.3 Å². The number of nitrogens with one attached hydrogen (secondary N) is 4. The molecule has 12 aromatic rings. The first-order chi connectivity index (χ1) is 63.9. The lowest BCUT2D eigenvalue weighted by Crippen LogP contribution is -2.18. The van der Waals surface area contributed by atoms with Gasteiger partial charge < -0.3 is 46.4 Å². The van der Waals surface area contributed by atoms with Crippen molar-refractivity contribution >= 4 is 128 Å². The highest BCUT2D eigenvalue weighted by Gasteiger charge is 2.37.